The Morgan fingerprint density at radius 1 is 1.00 bits per heavy atom. The molecule has 0 heterocycles. The Kier molecular flexibility index (Phi) is 4.69. The number of benzene rings is 2. The molecule has 0 aliphatic heterocycles. The van der Waals surface area contributed by atoms with E-state index < -0.39 is 26.7 Å². The largest absolute Gasteiger partial charge is 0.416 e. The van der Waals surface area contributed by atoms with Gasteiger partial charge in [-0.15, -0.1) is 0 Å². The summed E-state index contributed by atoms with van der Waals surface area (Å²) in [7, 11) is -4.11. The predicted molar refractivity (Wildman–Crippen MR) is 79.3 cm³/mol. The summed E-state index contributed by atoms with van der Waals surface area (Å²) in [6.45, 7) is 0. The minimum Gasteiger partial charge on any atom is -0.258 e. The normalized spacial score (nSPS) is 12.5. The topological polar surface area (TPSA) is 89.6 Å². The molecular weight excluding hydrogens is 349 g/mol. The van der Waals surface area contributed by atoms with Crippen molar-refractivity contribution in [2.75, 3.05) is 0 Å². The number of nitrogens with zero attached hydrogens (tertiary/aromatic N) is 2. The van der Waals surface area contributed by atoms with Crippen molar-refractivity contribution in [3.63, 3.8) is 0 Å². The van der Waals surface area contributed by atoms with E-state index in [-0.39, 0.29) is 16.1 Å². The Hall–Kier alpha value is -2.75. The van der Waals surface area contributed by atoms with Crippen LogP contribution in [-0.2, 0) is 16.2 Å². The quantitative estimate of drug-likeness (QED) is 0.476. The van der Waals surface area contributed by atoms with Crippen LogP contribution in [0, 0.1) is 10.1 Å². The molecule has 0 saturated carbocycles. The van der Waals surface area contributed by atoms with Crippen LogP contribution in [0.15, 0.2) is 57.8 Å². The third kappa shape index (κ3) is 4.16. The van der Waals surface area contributed by atoms with Gasteiger partial charge in [0.25, 0.3) is 15.7 Å². The van der Waals surface area contributed by atoms with Crippen molar-refractivity contribution < 1.29 is 26.5 Å². The maximum atomic E-state index is 12.4. The molecule has 2 rings (SSSR count). The van der Waals surface area contributed by atoms with Crippen molar-refractivity contribution in [1.82, 2.24) is 0 Å². The zero-order valence-electron chi connectivity index (χ0n) is 11.8. The summed E-state index contributed by atoms with van der Waals surface area (Å²) in [5.41, 5.74) is -0.980. The fourth-order valence-corrected chi connectivity index (χ4v) is 2.55. The summed E-state index contributed by atoms with van der Waals surface area (Å²) in [4.78, 5) is 9.57. The van der Waals surface area contributed by atoms with Gasteiger partial charge in [-0.3, -0.25) is 10.1 Å². The first kappa shape index (κ1) is 17.6. The lowest BCUT2D eigenvalue weighted by molar-refractivity contribution is -0.384. The summed E-state index contributed by atoms with van der Waals surface area (Å²) in [5.74, 6) is 0. The Balaban J connectivity index is 2.22. The molecule has 0 saturated heterocycles. The van der Waals surface area contributed by atoms with E-state index in [2.05, 4.69) is 4.40 Å². The van der Waals surface area contributed by atoms with Gasteiger partial charge >= 0.3 is 6.18 Å². The number of halogens is 3. The Morgan fingerprint density at radius 3 is 2.00 bits per heavy atom. The first-order valence-corrected chi connectivity index (χ1v) is 7.76. The fraction of sp³-hybridized carbons (Fsp3) is 0.0714. The Bertz CT molecular complexity index is 874. The highest BCUT2D eigenvalue weighted by molar-refractivity contribution is 7.90. The van der Waals surface area contributed by atoms with Crippen molar-refractivity contribution in [3.8, 4) is 0 Å². The number of sulfonamides is 1. The summed E-state index contributed by atoms with van der Waals surface area (Å²) in [6, 6.07) is 7.85. The van der Waals surface area contributed by atoms with Crippen LogP contribution in [0.25, 0.3) is 0 Å². The van der Waals surface area contributed by atoms with Crippen molar-refractivity contribution >= 4 is 21.9 Å². The molecule has 0 bridgehead atoms. The van der Waals surface area contributed by atoms with E-state index in [1.807, 2.05) is 0 Å². The zero-order chi connectivity index (χ0) is 18.0. The van der Waals surface area contributed by atoms with Gasteiger partial charge in [0.1, 0.15) is 0 Å². The molecule has 0 aliphatic carbocycles. The van der Waals surface area contributed by atoms with Gasteiger partial charge in [-0.05, 0) is 29.8 Å². The second-order valence-electron chi connectivity index (χ2n) is 4.58. The number of rotatable bonds is 4. The van der Waals surface area contributed by atoms with Gasteiger partial charge in [0.05, 0.1) is 15.4 Å². The van der Waals surface area contributed by atoms with Gasteiger partial charge in [-0.2, -0.15) is 26.0 Å². The molecule has 10 heteroatoms. The standard InChI is InChI=1S/C14H9F3N2O4S/c15-14(16,17)11-3-1-10(2-4-11)9-18-24(22,23)13-7-5-12(6-8-13)19(20)21/h1-9H/b18-9+. The van der Waals surface area contributed by atoms with Crippen molar-refractivity contribution in [2.45, 2.75) is 11.1 Å². The van der Waals surface area contributed by atoms with E-state index in [0.29, 0.717) is 0 Å². The van der Waals surface area contributed by atoms with Gasteiger partial charge in [-0.1, -0.05) is 12.1 Å². The van der Waals surface area contributed by atoms with E-state index in [9.17, 15) is 31.7 Å². The SMILES string of the molecule is O=[N+]([O-])c1ccc(S(=O)(=O)/N=C/c2ccc(C(F)(F)F)cc2)cc1. The van der Waals surface area contributed by atoms with Crippen LogP contribution < -0.4 is 0 Å². The van der Waals surface area contributed by atoms with Crippen molar-refractivity contribution in [1.29, 1.82) is 0 Å². The lowest BCUT2D eigenvalue weighted by atomic mass is 10.1. The second-order valence-corrected chi connectivity index (χ2v) is 6.21. The van der Waals surface area contributed by atoms with Gasteiger partial charge < -0.3 is 0 Å². The number of hydrogen-bond donors (Lipinski definition) is 0. The molecular formula is C14H9F3N2O4S. The van der Waals surface area contributed by atoms with Gasteiger partial charge in [0.15, 0.2) is 0 Å². The smallest absolute Gasteiger partial charge is 0.258 e. The lowest BCUT2D eigenvalue weighted by Gasteiger charge is -2.05. The predicted octanol–water partition coefficient (Wildman–Crippen LogP) is 3.42. The third-order valence-corrected chi connectivity index (χ3v) is 4.17. The molecule has 0 amide bonds. The van der Waals surface area contributed by atoms with Crippen LogP contribution in [0.3, 0.4) is 0 Å². The minimum atomic E-state index is -4.49. The number of non-ortho nitro benzene ring substituents is 1. The van der Waals surface area contributed by atoms with E-state index >= 15 is 0 Å². The molecule has 0 spiro atoms. The van der Waals surface area contributed by atoms with Crippen molar-refractivity contribution in [3.05, 3.63) is 69.8 Å². The van der Waals surface area contributed by atoms with Crippen molar-refractivity contribution in [2.24, 2.45) is 4.40 Å². The summed E-state index contributed by atoms with van der Waals surface area (Å²) >= 11 is 0. The van der Waals surface area contributed by atoms with Crippen LogP contribution in [-0.4, -0.2) is 19.6 Å². The fourth-order valence-electron chi connectivity index (χ4n) is 1.69. The van der Waals surface area contributed by atoms with Crippen LogP contribution >= 0.6 is 0 Å². The van der Waals surface area contributed by atoms with Crippen LogP contribution in [0.5, 0.6) is 0 Å². The van der Waals surface area contributed by atoms with Gasteiger partial charge in [-0.25, -0.2) is 0 Å². The molecule has 2 aromatic carbocycles. The maximum absolute atomic E-state index is 12.4. The van der Waals surface area contributed by atoms with E-state index in [1.165, 1.54) is 0 Å². The van der Waals surface area contributed by atoms with Crippen LogP contribution in [0.2, 0.25) is 0 Å². The first-order chi connectivity index (χ1) is 11.1. The van der Waals surface area contributed by atoms with E-state index in [1.54, 1.807) is 0 Å². The average Bonchev–Trinajstić information content (AvgIpc) is 2.52. The molecule has 0 fully saturated rings. The van der Waals surface area contributed by atoms with Crippen LogP contribution in [0.1, 0.15) is 11.1 Å². The minimum absolute atomic E-state index is 0.161. The third-order valence-electron chi connectivity index (χ3n) is 2.92. The highest BCUT2D eigenvalue weighted by Crippen LogP contribution is 2.29. The Labute approximate surface area is 134 Å². The highest BCUT2D eigenvalue weighted by Gasteiger charge is 2.29. The summed E-state index contributed by atoms with van der Waals surface area (Å²) < 4.78 is 64.6. The summed E-state index contributed by atoms with van der Waals surface area (Å²) in [5, 5.41) is 10.5. The molecule has 2 aromatic rings. The second kappa shape index (κ2) is 6.40. The number of alkyl halides is 3. The summed E-state index contributed by atoms with van der Waals surface area (Å²) in [6.07, 6.45) is -3.59. The molecule has 0 aromatic heterocycles. The number of nitro groups is 1. The molecule has 0 atom stereocenters. The van der Waals surface area contributed by atoms with Gasteiger partial charge in [0.2, 0.25) is 0 Å². The molecule has 0 aliphatic rings. The molecule has 126 valence electrons. The van der Waals surface area contributed by atoms with E-state index in [4.69, 9.17) is 0 Å². The molecule has 0 radical (unpaired) electrons. The maximum Gasteiger partial charge on any atom is 0.416 e. The monoisotopic (exact) mass is 358 g/mol. The first-order valence-electron chi connectivity index (χ1n) is 6.32. The molecule has 24 heavy (non-hydrogen) atoms. The highest BCUT2D eigenvalue weighted by atomic mass is 32.2. The number of hydrogen-bond acceptors (Lipinski definition) is 4. The zero-order valence-corrected chi connectivity index (χ0v) is 12.6. The molecule has 0 unspecified atom stereocenters. The van der Waals surface area contributed by atoms with E-state index in [0.717, 1.165) is 54.7 Å². The molecule has 6 nitrogen and oxygen atoms in total. The average molecular weight is 358 g/mol. The molecule has 0 N–H and O–H groups in total. The van der Waals surface area contributed by atoms with Gasteiger partial charge in [0, 0.05) is 18.3 Å². The van der Waals surface area contributed by atoms with Crippen LogP contribution in [0.4, 0.5) is 18.9 Å². The lowest BCUT2D eigenvalue weighted by Crippen LogP contribution is -2.04. The number of nitro benzene ring substituents is 1. The Morgan fingerprint density at radius 2 is 1.54 bits per heavy atom.